The van der Waals surface area contributed by atoms with Crippen molar-refractivity contribution in [2.75, 3.05) is 0 Å². The van der Waals surface area contributed by atoms with E-state index in [-0.39, 0.29) is 5.38 Å². The molecule has 0 aromatic carbocycles. The monoisotopic (exact) mass is 186 g/mol. The molecule has 1 unspecified atom stereocenters. The van der Waals surface area contributed by atoms with E-state index in [2.05, 4.69) is 24.4 Å². The molecular formula is C9H11ClS. The molecule has 11 heavy (non-hydrogen) atoms. The van der Waals surface area contributed by atoms with Crippen LogP contribution in [0.25, 0.3) is 6.08 Å². The van der Waals surface area contributed by atoms with Gasteiger partial charge in [-0.3, -0.25) is 0 Å². The average molecular weight is 187 g/mol. The lowest BCUT2D eigenvalue weighted by Crippen LogP contribution is -1.79. The third kappa shape index (κ3) is 3.08. The fraction of sp³-hybridized carbons (Fsp3) is 0.333. The average Bonchev–Trinajstić information content (AvgIpc) is 2.31. The van der Waals surface area contributed by atoms with Crippen molar-refractivity contribution >= 4 is 29.0 Å². The third-order valence-electron chi connectivity index (χ3n) is 1.30. The van der Waals surface area contributed by atoms with Gasteiger partial charge in [0.15, 0.2) is 0 Å². The van der Waals surface area contributed by atoms with E-state index in [4.69, 9.17) is 11.6 Å². The molecular weight excluding hydrogens is 176 g/mol. The highest BCUT2D eigenvalue weighted by atomic mass is 35.5. The maximum atomic E-state index is 5.75. The van der Waals surface area contributed by atoms with Crippen LogP contribution in [0.3, 0.4) is 0 Å². The Morgan fingerprint density at radius 2 is 2.36 bits per heavy atom. The smallest absolute Gasteiger partial charge is 0.0491 e. The van der Waals surface area contributed by atoms with Crippen molar-refractivity contribution in [1.29, 1.82) is 0 Å². The van der Waals surface area contributed by atoms with Crippen LogP contribution in [-0.4, -0.2) is 5.38 Å². The summed E-state index contributed by atoms with van der Waals surface area (Å²) in [7, 11) is 0. The summed E-state index contributed by atoms with van der Waals surface area (Å²) in [6, 6.07) is 2.15. The van der Waals surface area contributed by atoms with Gasteiger partial charge in [-0.2, -0.15) is 0 Å². The highest BCUT2D eigenvalue weighted by Gasteiger charge is 1.91. The molecule has 0 aliphatic rings. The van der Waals surface area contributed by atoms with Crippen LogP contribution in [0, 0.1) is 6.92 Å². The van der Waals surface area contributed by atoms with Gasteiger partial charge in [0, 0.05) is 10.3 Å². The molecule has 0 nitrogen and oxygen atoms in total. The van der Waals surface area contributed by atoms with E-state index in [1.54, 1.807) is 11.3 Å². The molecule has 0 saturated carbocycles. The van der Waals surface area contributed by atoms with Crippen LogP contribution in [0.5, 0.6) is 0 Å². The van der Waals surface area contributed by atoms with Crippen molar-refractivity contribution in [3.05, 3.63) is 28.0 Å². The maximum absolute atomic E-state index is 5.75. The van der Waals surface area contributed by atoms with Gasteiger partial charge in [-0.05, 0) is 30.9 Å². The molecule has 1 aromatic rings. The van der Waals surface area contributed by atoms with Gasteiger partial charge in [0.25, 0.3) is 0 Å². The van der Waals surface area contributed by atoms with Crippen LogP contribution in [0.2, 0.25) is 0 Å². The fourth-order valence-electron chi connectivity index (χ4n) is 0.795. The Morgan fingerprint density at radius 3 is 2.82 bits per heavy atom. The van der Waals surface area contributed by atoms with Crippen LogP contribution < -0.4 is 0 Å². The second kappa shape index (κ2) is 3.93. The Balaban J connectivity index is 2.64. The summed E-state index contributed by atoms with van der Waals surface area (Å²) in [4.78, 5) is 1.34. The number of hydrogen-bond acceptors (Lipinski definition) is 1. The Hall–Kier alpha value is -0.270. The molecule has 0 bridgehead atoms. The number of allylic oxidation sites excluding steroid dienone is 1. The van der Waals surface area contributed by atoms with E-state index < -0.39 is 0 Å². The van der Waals surface area contributed by atoms with Crippen LogP contribution in [0.15, 0.2) is 17.5 Å². The number of thiophene rings is 1. The molecule has 1 atom stereocenters. The van der Waals surface area contributed by atoms with Gasteiger partial charge in [-0.15, -0.1) is 22.9 Å². The minimum atomic E-state index is 0.121. The number of hydrogen-bond donors (Lipinski definition) is 0. The summed E-state index contributed by atoms with van der Waals surface area (Å²) < 4.78 is 0. The lowest BCUT2D eigenvalue weighted by atomic mass is 10.2. The largest absolute Gasteiger partial charge is 0.149 e. The molecule has 1 rings (SSSR count). The first-order valence-electron chi connectivity index (χ1n) is 3.56. The zero-order chi connectivity index (χ0) is 8.27. The maximum Gasteiger partial charge on any atom is 0.0491 e. The molecule has 0 radical (unpaired) electrons. The number of aryl methyl sites for hydroxylation is 1. The SMILES string of the molecule is Cc1cc(/C=C/C(C)Cl)cs1. The predicted molar refractivity (Wildman–Crippen MR) is 53.4 cm³/mol. The van der Waals surface area contributed by atoms with Crippen molar-refractivity contribution in [3.8, 4) is 0 Å². The second-order valence-corrected chi connectivity index (χ2v) is 4.33. The number of alkyl halides is 1. The van der Waals surface area contributed by atoms with Gasteiger partial charge in [-0.1, -0.05) is 12.2 Å². The summed E-state index contributed by atoms with van der Waals surface area (Å²) in [5.41, 5.74) is 1.25. The quantitative estimate of drug-likeness (QED) is 0.618. The molecule has 0 saturated heterocycles. The molecule has 0 N–H and O–H groups in total. The summed E-state index contributed by atoms with van der Waals surface area (Å²) >= 11 is 7.51. The normalized spacial score (nSPS) is 14.1. The van der Waals surface area contributed by atoms with E-state index in [0.717, 1.165) is 0 Å². The minimum Gasteiger partial charge on any atom is -0.149 e. The van der Waals surface area contributed by atoms with E-state index in [0.29, 0.717) is 0 Å². The number of halogens is 1. The lowest BCUT2D eigenvalue weighted by Gasteiger charge is -1.88. The van der Waals surface area contributed by atoms with Crippen molar-refractivity contribution in [1.82, 2.24) is 0 Å². The molecule has 0 spiro atoms. The predicted octanol–water partition coefficient (Wildman–Crippen LogP) is 3.70. The van der Waals surface area contributed by atoms with Crippen LogP contribution in [0.4, 0.5) is 0 Å². The minimum absolute atomic E-state index is 0.121. The van der Waals surface area contributed by atoms with Gasteiger partial charge in [0.2, 0.25) is 0 Å². The number of rotatable bonds is 2. The van der Waals surface area contributed by atoms with Crippen molar-refractivity contribution in [2.45, 2.75) is 19.2 Å². The highest BCUT2D eigenvalue weighted by Crippen LogP contribution is 2.14. The fourth-order valence-corrected chi connectivity index (χ4v) is 1.54. The molecule has 2 heteroatoms. The van der Waals surface area contributed by atoms with Crippen molar-refractivity contribution in [2.24, 2.45) is 0 Å². The van der Waals surface area contributed by atoms with Crippen molar-refractivity contribution < 1.29 is 0 Å². The molecule has 0 aliphatic carbocycles. The van der Waals surface area contributed by atoms with Crippen molar-refractivity contribution in [3.63, 3.8) is 0 Å². The van der Waals surface area contributed by atoms with Crippen LogP contribution >= 0.6 is 22.9 Å². The van der Waals surface area contributed by atoms with E-state index in [9.17, 15) is 0 Å². The molecule has 0 aliphatic heterocycles. The standard InChI is InChI=1S/C9H11ClS/c1-7(10)3-4-9-5-8(2)11-6-9/h3-7H,1-2H3/b4-3+. The first-order chi connectivity index (χ1) is 5.18. The van der Waals surface area contributed by atoms with Gasteiger partial charge in [0.05, 0.1) is 0 Å². The zero-order valence-corrected chi connectivity index (χ0v) is 8.25. The molecule has 0 fully saturated rings. The summed E-state index contributed by atoms with van der Waals surface area (Å²) in [6.45, 7) is 4.06. The zero-order valence-electron chi connectivity index (χ0n) is 6.67. The molecule has 1 aromatic heterocycles. The van der Waals surface area contributed by atoms with Gasteiger partial charge in [0.1, 0.15) is 0 Å². The molecule has 1 heterocycles. The highest BCUT2D eigenvalue weighted by molar-refractivity contribution is 7.10. The Labute approximate surface area is 76.5 Å². The van der Waals surface area contributed by atoms with E-state index >= 15 is 0 Å². The van der Waals surface area contributed by atoms with E-state index in [1.165, 1.54) is 10.4 Å². The summed E-state index contributed by atoms with van der Waals surface area (Å²) in [5.74, 6) is 0. The van der Waals surface area contributed by atoms with Crippen LogP contribution in [-0.2, 0) is 0 Å². The first kappa shape index (κ1) is 8.82. The van der Waals surface area contributed by atoms with E-state index in [1.807, 2.05) is 13.0 Å². The van der Waals surface area contributed by atoms with Gasteiger partial charge < -0.3 is 0 Å². The third-order valence-corrected chi connectivity index (χ3v) is 2.33. The summed E-state index contributed by atoms with van der Waals surface area (Å²) in [6.07, 6.45) is 4.05. The topological polar surface area (TPSA) is 0 Å². The Bertz CT molecular complexity index is 248. The van der Waals surface area contributed by atoms with Gasteiger partial charge >= 0.3 is 0 Å². The van der Waals surface area contributed by atoms with Crippen LogP contribution in [0.1, 0.15) is 17.4 Å². The Kier molecular flexibility index (Phi) is 3.16. The lowest BCUT2D eigenvalue weighted by molar-refractivity contribution is 1.24. The van der Waals surface area contributed by atoms with Gasteiger partial charge in [-0.25, -0.2) is 0 Å². The molecule has 0 amide bonds. The second-order valence-electron chi connectivity index (χ2n) is 2.53. The Morgan fingerprint density at radius 1 is 1.64 bits per heavy atom. The first-order valence-corrected chi connectivity index (χ1v) is 4.87. The summed E-state index contributed by atoms with van der Waals surface area (Å²) in [5, 5.41) is 2.25. The molecule has 60 valence electrons.